The molecule has 3 heterocycles. The quantitative estimate of drug-likeness (QED) is 0.725. The number of hydrogen-bond donors (Lipinski definition) is 0. The molecule has 0 amide bonds. The van der Waals surface area contributed by atoms with Crippen molar-refractivity contribution in [1.82, 2.24) is 15.0 Å². The van der Waals surface area contributed by atoms with Crippen molar-refractivity contribution in [3.05, 3.63) is 41.7 Å². The molecule has 0 N–H and O–H groups in total. The normalized spacial score (nSPS) is 15.4. The molecule has 0 radical (unpaired) electrons. The number of benzene rings is 1. The van der Waals surface area contributed by atoms with Gasteiger partial charge in [-0.3, -0.25) is 0 Å². The molecule has 23 heavy (non-hydrogen) atoms. The first-order chi connectivity index (χ1) is 11.2. The van der Waals surface area contributed by atoms with Gasteiger partial charge in [0.25, 0.3) is 6.01 Å². The van der Waals surface area contributed by atoms with Crippen molar-refractivity contribution in [3.63, 3.8) is 0 Å². The van der Waals surface area contributed by atoms with Crippen LogP contribution in [0.2, 0.25) is 0 Å². The maximum atomic E-state index is 5.85. The summed E-state index contributed by atoms with van der Waals surface area (Å²) in [6, 6.07) is 10.6. The van der Waals surface area contributed by atoms with Gasteiger partial charge in [0.1, 0.15) is 5.52 Å². The van der Waals surface area contributed by atoms with Crippen LogP contribution in [-0.4, -0.2) is 41.1 Å². The van der Waals surface area contributed by atoms with Crippen LogP contribution in [0.25, 0.3) is 11.1 Å². The Balaban J connectivity index is 1.50. The Morgan fingerprint density at radius 3 is 2.22 bits per heavy atom. The van der Waals surface area contributed by atoms with Gasteiger partial charge >= 0.3 is 0 Å². The zero-order valence-electron chi connectivity index (χ0n) is 13.4. The van der Waals surface area contributed by atoms with Crippen LogP contribution in [0.4, 0.5) is 12.0 Å². The van der Waals surface area contributed by atoms with E-state index in [-0.39, 0.29) is 0 Å². The van der Waals surface area contributed by atoms with Crippen LogP contribution < -0.4 is 9.80 Å². The van der Waals surface area contributed by atoms with Crippen molar-refractivity contribution in [2.45, 2.75) is 13.8 Å². The van der Waals surface area contributed by atoms with Crippen LogP contribution in [0.5, 0.6) is 0 Å². The number of rotatable bonds is 2. The van der Waals surface area contributed by atoms with Gasteiger partial charge in [-0.15, -0.1) is 0 Å². The van der Waals surface area contributed by atoms with E-state index in [9.17, 15) is 0 Å². The molecule has 0 saturated carbocycles. The van der Waals surface area contributed by atoms with E-state index in [1.54, 1.807) is 0 Å². The second-order valence-corrected chi connectivity index (χ2v) is 5.89. The lowest BCUT2D eigenvalue weighted by atomic mass is 10.3. The smallest absolute Gasteiger partial charge is 0.298 e. The highest BCUT2D eigenvalue weighted by Crippen LogP contribution is 2.23. The van der Waals surface area contributed by atoms with Crippen molar-refractivity contribution < 1.29 is 4.42 Å². The van der Waals surface area contributed by atoms with Crippen LogP contribution >= 0.6 is 0 Å². The van der Waals surface area contributed by atoms with E-state index in [1.165, 1.54) is 0 Å². The van der Waals surface area contributed by atoms with E-state index in [1.807, 2.05) is 44.2 Å². The van der Waals surface area contributed by atoms with Crippen LogP contribution in [0.15, 0.2) is 34.7 Å². The Hall–Kier alpha value is -2.63. The standard InChI is InChI=1S/C17H19N5O/c1-12-11-13(2)19-16(18-12)21-7-9-22(10-8-21)17-20-14-5-3-4-6-15(14)23-17/h3-6,11H,7-10H2,1-2H3. The highest BCUT2D eigenvalue weighted by Gasteiger charge is 2.22. The number of fused-ring (bicyclic) bond motifs is 1. The van der Waals surface area contributed by atoms with Gasteiger partial charge in [-0.1, -0.05) is 12.1 Å². The first-order valence-electron chi connectivity index (χ1n) is 7.87. The second-order valence-electron chi connectivity index (χ2n) is 5.89. The molecular weight excluding hydrogens is 290 g/mol. The van der Waals surface area contributed by atoms with E-state index in [4.69, 9.17) is 4.42 Å². The Morgan fingerprint density at radius 2 is 1.52 bits per heavy atom. The van der Waals surface area contributed by atoms with Gasteiger partial charge in [-0.05, 0) is 32.0 Å². The molecule has 0 unspecified atom stereocenters. The molecule has 118 valence electrons. The summed E-state index contributed by atoms with van der Waals surface area (Å²) in [5, 5.41) is 0. The average molecular weight is 309 g/mol. The zero-order chi connectivity index (χ0) is 15.8. The lowest BCUT2D eigenvalue weighted by Crippen LogP contribution is -2.47. The Kier molecular flexibility index (Phi) is 3.37. The third-order valence-electron chi connectivity index (χ3n) is 4.09. The van der Waals surface area contributed by atoms with Crippen molar-refractivity contribution in [2.24, 2.45) is 0 Å². The van der Waals surface area contributed by atoms with E-state index in [2.05, 4.69) is 24.8 Å². The third-order valence-corrected chi connectivity index (χ3v) is 4.09. The highest BCUT2D eigenvalue weighted by molar-refractivity contribution is 5.74. The van der Waals surface area contributed by atoms with Crippen LogP contribution in [0, 0.1) is 13.8 Å². The lowest BCUT2D eigenvalue weighted by molar-refractivity contribution is 0.538. The van der Waals surface area contributed by atoms with E-state index < -0.39 is 0 Å². The molecule has 0 bridgehead atoms. The zero-order valence-corrected chi connectivity index (χ0v) is 13.4. The summed E-state index contributed by atoms with van der Waals surface area (Å²) in [6.07, 6.45) is 0. The minimum absolute atomic E-state index is 0.701. The van der Waals surface area contributed by atoms with E-state index in [0.29, 0.717) is 6.01 Å². The topological polar surface area (TPSA) is 58.3 Å². The van der Waals surface area contributed by atoms with Gasteiger partial charge in [0.2, 0.25) is 5.95 Å². The fourth-order valence-electron chi connectivity index (χ4n) is 2.94. The Labute approximate surface area is 134 Å². The second kappa shape index (κ2) is 5.53. The van der Waals surface area contributed by atoms with Gasteiger partial charge in [0.05, 0.1) is 0 Å². The number of hydrogen-bond acceptors (Lipinski definition) is 6. The lowest BCUT2D eigenvalue weighted by Gasteiger charge is -2.33. The summed E-state index contributed by atoms with van der Waals surface area (Å²) < 4.78 is 5.85. The van der Waals surface area contributed by atoms with Crippen LogP contribution in [0.3, 0.4) is 0 Å². The number of piperazine rings is 1. The number of aromatic nitrogens is 3. The average Bonchev–Trinajstić information content (AvgIpc) is 2.98. The van der Waals surface area contributed by atoms with Gasteiger partial charge in [-0.25, -0.2) is 9.97 Å². The number of para-hydroxylation sites is 2. The molecule has 1 fully saturated rings. The summed E-state index contributed by atoms with van der Waals surface area (Å²) >= 11 is 0. The predicted octanol–water partition coefficient (Wildman–Crippen LogP) is 2.56. The number of aryl methyl sites for hydroxylation is 2. The van der Waals surface area contributed by atoms with Gasteiger partial charge in [-0.2, -0.15) is 4.98 Å². The van der Waals surface area contributed by atoms with Gasteiger partial charge in [0.15, 0.2) is 5.58 Å². The first kappa shape index (κ1) is 14.0. The molecule has 6 nitrogen and oxygen atoms in total. The monoisotopic (exact) mass is 309 g/mol. The predicted molar refractivity (Wildman–Crippen MR) is 89.9 cm³/mol. The fraction of sp³-hybridized carbons (Fsp3) is 0.353. The summed E-state index contributed by atoms with van der Waals surface area (Å²) in [6.45, 7) is 7.44. The molecule has 1 aliphatic rings. The summed E-state index contributed by atoms with van der Waals surface area (Å²) in [4.78, 5) is 18.1. The summed E-state index contributed by atoms with van der Waals surface area (Å²) in [5.41, 5.74) is 3.76. The third kappa shape index (κ3) is 2.72. The SMILES string of the molecule is Cc1cc(C)nc(N2CCN(c3nc4ccccc4o3)CC2)n1. The fourth-order valence-corrected chi connectivity index (χ4v) is 2.94. The molecule has 1 aliphatic heterocycles. The molecule has 1 saturated heterocycles. The van der Waals surface area contributed by atoms with Gasteiger partial charge < -0.3 is 14.2 Å². The summed E-state index contributed by atoms with van der Waals surface area (Å²) in [7, 11) is 0. The maximum Gasteiger partial charge on any atom is 0.298 e. The summed E-state index contributed by atoms with van der Waals surface area (Å²) in [5.74, 6) is 0.819. The largest absolute Gasteiger partial charge is 0.423 e. The van der Waals surface area contributed by atoms with Crippen LogP contribution in [0.1, 0.15) is 11.4 Å². The number of anilines is 2. The van der Waals surface area contributed by atoms with E-state index >= 15 is 0 Å². The minimum Gasteiger partial charge on any atom is -0.423 e. The highest BCUT2D eigenvalue weighted by atomic mass is 16.4. The molecule has 6 heteroatoms. The molecule has 0 atom stereocenters. The molecule has 4 rings (SSSR count). The van der Waals surface area contributed by atoms with Crippen molar-refractivity contribution in [3.8, 4) is 0 Å². The number of oxazole rings is 1. The minimum atomic E-state index is 0.701. The maximum absolute atomic E-state index is 5.85. The molecule has 0 spiro atoms. The molecule has 0 aliphatic carbocycles. The molecule has 2 aromatic heterocycles. The molecule has 3 aromatic rings. The van der Waals surface area contributed by atoms with Crippen molar-refractivity contribution in [1.29, 1.82) is 0 Å². The first-order valence-corrected chi connectivity index (χ1v) is 7.87. The van der Waals surface area contributed by atoms with Crippen molar-refractivity contribution >= 4 is 23.1 Å². The van der Waals surface area contributed by atoms with Crippen molar-refractivity contribution in [2.75, 3.05) is 36.0 Å². The Morgan fingerprint density at radius 1 is 0.870 bits per heavy atom. The number of nitrogens with zero attached hydrogens (tertiary/aromatic N) is 5. The Bertz CT molecular complexity index is 783. The van der Waals surface area contributed by atoms with Crippen LogP contribution in [-0.2, 0) is 0 Å². The molecule has 1 aromatic carbocycles. The van der Waals surface area contributed by atoms with Gasteiger partial charge in [0, 0.05) is 37.6 Å². The molecular formula is C17H19N5O. The van der Waals surface area contributed by atoms with E-state index in [0.717, 1.165) is 54.6 Å².